The topological polar surface area (TPSA) is 39.4 Å². The van der Waals surface area contributed by atoms with Gasteiger partial charge in [-0.15, -0.1) is 0 Å². The van der Waals surface area contributed by atoms with E-state index < -0.39 is 17.0 Å². The summed E-state index contributed by atoms with van der Waals surface area (Å²) in [6.07, 6.45) is 1.64. The highest BCUT2D eigenvalue weighted by atomic mass is 35.5. The number of benzene rings is 1. The molecule has 2 aromatic rings. The van der Waals surface area contributed by atoms with Crippen LogP contribution in [-0.4, -0.2) is 46.2 Å². The number of hydrogen-bond acceptors (Lipinski definition) is 3. The number of amides is 1. The standard InChI is InChI=1S/C21H22ClF2N3O2S/c1-25(11-5-6-29-9-11)16(28)7-15-19-12-8-21(12,10-27(19)20(30)26(15)2)17-14(23)4-3-13(22)18(17)24/h3-4,11-12H,5-10H2,1-2H3/t11?,12?,21-/m0/s1. The van der Waals surface area contributed by atoms with Gasteiger partial charge in [-0.1, -0.05) is 11.6 Å². The first kappa shape index (κ1) is 20.2. The summed E-state index contributed by atoms with van der Waals surface area (Å²) in [4.78, 5) is 14.7. The number of imidazole rings is 1. The average molecular weight is 454 g/mol. The van der Waals surface area contributed by atoms with Gasteiger partial charge in [-0.3, -0.25) is 4.79 Å². The van der Waals surface area contributed by atoms with Gasteiger partial charge in [0.05, 0.1) is 24.1 Å². The van der Waals surface area contributed by atoms with Gasteiger partial charge in [0.2, 0.25) is 5.91 Å². The minimum Gasteiger partial charge on any atom is -0.379 e. The van der Waals surface area contributed by atoms with Crippen LogP contribution in [0.2, 0.25) is 5.02 Å². The zero-order valence-corrected chi connectivity index (χ0v) is 18.3. The molecule has 0 N–H and O–H groups in total. The van der Waals surface area contributed by atoms with Crippen molar-refractivity contribution in [3.63, 3.8) is 0 Å². The third-order valence-corrected chi connectivity index (χ3v) is 7.85. The van der Waals surface area contributed by atoms with E-state index in [0.29, 0.717) is 31.0 Å². The Bertz CT molecular complexity index is 1120. The fourth-order valence-electron chi connectivity index (χ4n) is 5.24. The predicted octanol–water partition coefficient (Wildman–Crippen LogP) is 3.72. The summed E-state index contributed by atoms with van der Waals surface area (Å²) in [5, 5.41) is -0.0806. The summed E-state index contributed by atoms with van der Waals surface area (Å²) < 4.78 is 39.2. The Hall–Kier alpha value is -1.77. The van der Waals surface area contributed by atoms with Crippen LogP contribution in [0, 0.1) is 16.4 Å². The number of aromatic nitrogens is 2. The van der Waals surface area contributed by atoms with Crippen LogP contribution in [0.5, 0.6) is 0 Å². The molecule has 1 aromatic carbocycles. The van der Waals surface area contributed by atoms with E-state index in [1.807, 2.05) is 16.2 Å². The minimum absolute atomic E-state index is 0.0113. The Kier molecular flexibility index (Phi) is 4.61. The van der Waals surface area contributed by atoms with Crippen molar-refractivity contribution in [2.24, 2.45) is 7.05 Å². The Morgan fingerprint density at radius 3 is 2.90 bits per heavy atom. The number of rotatable bonds is 4. The summed E-state index contributed by atoms with van der Waals surface area (Å²) in [5.41, 5.74) is 1.10. The molecule has 2 fully saturated rings. The van der Waals surface area contributed by atoms with Crippen LogP contribution in [0.3, 0.4) is 0 Å². The number of likely N-dealkylation sites (N-methyl/N-ethyl adjacent to an activating group) is 1. The third kappa shape index (κ3) is 2.73. The van der Waals surface area contributed by atoms with Gasteiger partial charge in [0.25, 0.3) is 0 Å². The van der Waals surface area contributed by atoms with Crippen molar-refractivity contribution in [3.8, 4) is 0 Å². The molecule has 2 unspecified atom stereocenters. The van der Waals surface area contributed by atoms with Crippen molar-refractivity contribution in [1.29, 1.82) is 0 Å². The van der Waals surface area contributed by atoms with E-state index in [2.05, 4.69) is 0 Å². The summed E-state index contributed by atoms with van der Waals surface area (Å²) in [7, 11) is 3.64. The van der Waals surface area contributed by atoms with E-state index in [1.54, 1.807) is 11.9 Å². The number of hydrogen-bond donors (Lipinski definition) is 0. The first-order valence-corrected chi connectivity index (χ1v) is 10.8. The van der Waals surface area contributed by atoms with Crippen molar-refractivity contribution < 1.29 is 18.3 Å². The van der Waals surface area contributed by atoms with Crippen molar-refractivity contribution in [1.82, 2.24) is 14.0 Å². The Morgan fingerprint density at radius 2 is 2.20 bits per heavy atom. The first-order valence-electron chi connectivity index (χ1n) is 10.0. The van der Waals surface area contributed by atoms with Crippen LogP contribution in [0.4, 0.5) is 8.78 Å². The highest BCUT2D eigenvalue weighted by Crippen LogP contribution is 2.67. The van der Waals surface area contributed by atoms with Gasteiger partial charge in [-0.05, 0) is 37.2 Å². The minimum atomic E-state index is -0.696. The van der Waals surface area contributed by atoms with Gasteiger partial charge >= 0.3 is 0 Å². The van der Waals surface area contributed by atoms with E-state index in [1.165, 1.54) is 12.1 Å². The SMILES string of the molecule is CN(C(=O)Cc1c2n(c(=S)n1C)C[C@@]1(c3c(F)ccc(Cl)c3F)CC21)C1CCOC1. The summed E-state index contributed by atoms with van der Waals surface area (Å²) in [5.74, 6) is -1.37. The van der Waals surface area contributed by atoms with Gasteiger partial charge in [0.1, 0.15) is 11.6 Å². The van der Waals surface area contributed by atoms with Crippen LogP contribution in [0.15, 0.2) is 12.1 Å². The fourth-order valence-corrected chi connectivity index (χ4v) is 5.67. The molecule has 0 radical (unpaired) electrons. The number of carbonyl (C=O) groups excluding carboxylic acids is 1. The molecule has 1 saturated heterocycles. The predicted molar refractivity (Wildman–Crippen MR) is 110 cm³/mol. The van der Waals surface area contributed by atoms with Crippen LogP contribution < -0.4 is 0 Å². The van der Waals surface area contributed by atoms with Crippen LogP contribution in [-0.2, 0) is 35.0 Å². The number of ether oxygens (including phenoxy) is 1. The Balaban J connectivity index is 1.49. The lowest BCUT2D eigenvalue weighted by Gasteiger charge is -2.23. The zero-order valence-electron chi connectivity index (χ0n) is 16.8. The van der Waals surface area contributed by atoms with Gasteiger partial charge in [0.15, 0.2) is 4.77 Å². The van der Waals surface area contributed by atoms with E-state index in [-0.39, 0.29) is 34.9 Å². The number of halogens is 3. The lowest BCUT2D eigenvalue weighted by Crippen LogP contribution is -2.38. The number of nitrogens with zero attached hydrogens (tertiary/aromatic N) is 3. The van der Waals surface area contributed by atoms with Crippen LogP contribution in [0.1, 0.15) is 35.7 Å². The molecule has 1 aromatic heterocycles. The molecule has 5 rings (SSSR count). The number of fused-ring (bicyclic) bond motifs is 3. The average Bonchev–Trinajstić information content (AvgIpc) is 3.04. The van der Waals surface area contributed by atoms with Crippen molar-refractivity contribution in [2.45, 2.75) is 43.2 Å². The zero-order chi connectivity index (χ0) is 21.4. The molecular formula is C21H22ClF2N3O2S. The molecule has 1 aliphatic carbocycles. The maximum atomic E-state index is 14.8. The molecule has 1 saturated carbocycles. The van der Waals surface area contributed by atoms with Gasteiger partial charge in [0, 0.05) is 55.5 Å². The van der Waals surface area contributed by atoms with E-state index in [9.17, 15) is 13.6 Å². The molecular weight excluding hydrogens is 432 g/mol. The van der Waals surface area contributed by atoms with E-state index in [4.69, 9.17) is 28.6 Å². The largest absolute Gasteiger partial charge is 0.379 e. The van der Waals surface area contributed by atoms with Gasteiger partial charge < -0.3 is 18.8 Å². The second kappa shape index (κ2) is 6.87. The normalized spacial score (nSPS) is 26.6. The van der Waals surface area contributed by atoms with Crippen molar-refractivity contribution in [2.75, 3.05) is 20.3 Å². The third-order valence-electron chi connectivity index (χ3n) is 7.06. The fraction of sp³-hybridized carbons (Fsp3) is 0.524. The second-order valence-electron chi connectivity index (χ2n) is 8.59. The lowest BCUT2D eigenvalue weighted by atomic mass is 9.92. The van der Waals surface area contributed by atoms with Gasteiger partial charge in [-0.25, -0.2) is 8.78 Å². The molecule has 1 amide bonds. The molecule has 0 bridgehead atoms. The molecule has 9 heteroatoms. The van der Waals surface area contributed by atoms with E-state index >= 15 is 0 Å². The van der Waals surface area contributed by atoms with Crippen molar-refractivity contribution in [3.05, 3.63) is 50.5 Å². The molecule has 5 nitrogen and oxygen atoms in total. The summed E-state index contributed by atoms with van der Waals surface area (Å²) >= 11 is 11.5. The summed E-state index contributed by atoms with van der Waals surface area (Å²) in [6.45, 7) is 1.61. The molecule has 160 valence electrons. The highest BCUT2D eigenvalue weighted by molar-refractivity contribution is 7.71. The first-order chi connectivity index (χ1) is 14.3. The molecule has 30 heavy (non-hydrogen) atoms. The van der Waals surface area contributed by atoms with Crippen LogP contribution >= 0.6 is 23.8 Å². The smallest absolute Gasteiger partial charge is 0.228 e. The van der Waals surface area contributed by atoms with Crippen LogP contribution in [0.25, 0.3) is 0 Å². The Morgan fingerprint density at radius 1 is 1.43 bits per heavy atom. The Labute approximate surface area is 183 Å². The highest BCUT2D eigenvalue weighted by Gasteiger charge is 2.64. The van der Waals surface area contributed by atoms with Gasteiger partial charge in [-0.2, -0.15) is 0 Å². The maximum absolute atomic E-state index is 14.8. The number of carbonyl (C=O) groups is 1. The molecule has 2 aliphatic heterocycles. The second-order valence-corrected chi connectivity index (χ2v) is 9.36. The van der Waals surface area contributed by atoms with Crippen molar-refractivity contribution >= 4 is 29.7 Å². The van der Waals surface area contributed by atoms with E-state index in [0.717, 1.165) is 17.8 Å². The lowest BCUT2D eigenvalue weighted by molar-refractivity contribution is -0.131. The molecule has 0 spiro atoms. The molecule has 3 aliphatic rings. The molecule has 3 atom stereocenters. The monoisotopic (exact) mass is 453 g/mol. The quantitative estimate of drug-likeness (QED) is 0.523. The summed E-state index contributed by atoms with van der Waals surface area (Å²) in [6, 6.07) is 2.54. The molecule has 3 heterocycles. The maximum Gasteiger partial charge on any atom is 0.228 e.